The molecule has 0 N–H and O–H groups in total. The molecule has 2 heterocycles. The second-order valence-electron chi connectivity index (χ2n) is 6.55. The van der Waals surface area contributed by atoms with Gasteiger partial charge in [-0.2, -0.15) is 4.98 Å². The van der Waals surface area contributed by atoms with E-state index < -0.39 is 0 Å². The molecule has 0 atom stereocenters. The lowest BCUT2D eigenvalue weighted by Crippen LogP contribution is -2.48. The highest BCUT2D eigenvalue weighted by atomic mass is 19.1. The quantitative estimate of drug-likeness (QED) is 0.833. The monoisotopic (exact) mass is 346 g/mol. The molecular weight excluding hydrogens is 323 g/mol. The number of aryl methyl sites for hydroxylation is 1. The average molecular weight is 346 g/mol. The van der Waals surface area contributed by atoms with Gasteiger partial charge in [-0.15, -0.1) is 0 Å². The van der Waals surface area contributed by atoms with Crippen LogP contribution in [0.3, 0.4) is 0 Å². The number of aromatic nitrogens is 2. The second-order valence-corrected chi connectivity index (χ2v) is 6.55. The summed E-state index contributed by atoms with van der Waals surface area (Å²) < 4.78 is 18.2. The lowest BCUT2D eigenvalue weighted by Gasteiger charge is -2.36. The smallest absolute Gasteiger partial charge is 0.227 e. The van der Waals surface area contributed by atoms with E-state index in [0.29, 0.717) is 37.6 Å². The van der Waals surface area contributed by atoms with Crippen molar-refractivity contribution in [1.82, 2.24) is 15.0 Å². The minimum absolute atomic E-state index is 0.100. The lowest BCUT2D eigenvalue weighted by atomic mass is 10.2. The molecule has 1 amide bonds. The molecule has 1 saturated heterocycles. The summed E-state index contributed by atoms with van der Waals surface area (Å²) in [7, 11) is 0. The van der Waals surface area contributed by atoms with Gasteiger partial charge >= 0.3 is 0 Å². The fourth-order valence-electron chi connectivity index (χ4n) is 2.84. The zero-order valence-corrected chi connectivity index (χ0v) is 14.6. The van der Waals surface area contributed by atoms with Gasteiger partial charge in [0.25, 0.3) is 0 Å². The van der Waals surface area contributed by atoms with Gasteiger partial charge in [0.05, 0.1) is 0 Å². The van der Waals surface area contributed by atoms with Gasteiger partial charge in [-0.1, -0.05) is 19.0 Å². The van der Waals surface area contributed by atoms with Crippen LogP contribution in [0.15, 0.2) is 28.8 Å². The first-order chi connectivity index (χ1) is 12.0. The van der Waals surface area contributed by atoms with Crippen molar-refractivity contribution in [3.05, 3.63) is 41.8 Å². The van der Waals surface area contributed by atoms with Crippen molar-refractivity contribution in [3.8, 4) is 0 Å². The first-order valence-corrected chi connectivity index (χ1v) is 8.63. The number of nitrogens with zero attached hydrogens (tertiary/aromatic N) is 4. The summed E-state index contributed by atoms with van der Waals surface area (Å²) in [6.07, 6.45) is 0.840. The van der Waals surface area contributed by atoms with Gasteiger partial charge < -0.3 is 14.3 Å². The third kappa shape index (κ3) is 4.35. The van der Waals surface area contributed by atoms with E-state index in [1.54, 1.807) is 12.1 Å². The summed E-state index contributed by atoms with van der Waals surface area (Å²) in [5, 5.41) is 3.91. The van der Waals surface area contributed by atoms with Gasteiger partial charge in [-0.05, 0) is 24.3 Å². The zero-order chi connectivity index (χ0) is 17.8. The summed E-state index contributed by atoms with van der Waals surface area (Å²) in [5.41, 5.74) is 0.987. The molecule has 1 aromatic carbocycles. The number of rotatable bonds is 5. The molecule has 6 nitrogen and oxygen atoms in total. The molecule has 0 radical (unpaired) electrons. The van der Waals surface area contributed by atoms with Crippen LogP contribution < -0.4 is 4.90 Å². The predicted molar refractivity (Wildman–Crippen MR) is 91.9 cm³/mol. The summed E-state index contributed by atoms with van der Waals surface area (Å²) in [6.45, 7) is 6.82. The Labute approximate surface area is 146 Å². The molecule has 0 saturated carbocycles. The molecule has 1 aliphatic heterocycles. The minimum Gasteiger partial charge on any atom is -0.368 e. The van der Waals surface area contributed by atoms with E-state index in [4.69, 9.17) is 4.52 Å². The standard InChI is InChI=1S/C18H23FN4O2/c1-13(2)18-20-16(25-21-18)7-8-17(24)23-11-9-22(10-12-23)15-5-3-14(19)4-6-15/h3-6,13H,7-12H2,1-2H3. The molecule has 2 aromatic rings. The maximum Gasteiger partial charge on any atom is 0.227 e. The Morgan fingerprint density at radius 1 is 1.20 bits per heavy atom. The molecule has 134 valence electrons. The molecule has 0 spiro atoms. The van der Waals surface area contributed by atoms with E-state index in [1.807, 2.05) is 18.7 Å². The van der Waals surface area contributed by atoms with Crippen LogP contribution in [0, 0.1) is 5.82 Å². The van der Waals surface area contributed by atoms with Gasteiger partial charge in [0.1, 0.15) is 5.82 Å². The maximum absolute atomic E-state index is 13.0. The minimum atomic E-state index is -0.237. The van der Waals surface area contributed by atoms with E-state index in [2.05, 4.69) is 15.0 Å². The van der Waals surface area contributed by atoms with Crippen molar-refractivity contribution in [1.29, 1.82) is 0 Å². The highest BCUT2D eigenvalue weighted by Crippen LogP contribution is 2.17. The summed E-state index contributed by atoms with van der Waals surface area (Å²) >= 11 is 0. The van der Waals surface area contributed by atoms with Crippen LogP contribution in [-0.2, 0) is 11.2 Å². The number of carbonyl (C=O) groups is 1. The number of anilines is 1. The van der Waals surface area contributed by atoms with E-state index in [-0.39, 0.29) is 17.6 Å². The SMILES string of the molecule is CC(C)c1noc(CCC(=O)N2CCN(c3ccc(F)cc3)CC2)n1. The normalized spacial score (nSPS) is 15.0. The topological polar surface area (TPSA) is 62.5 Å². The number of amides is 1. The number of piperazine rings is 1. The molecular formula is C18H23FN4O2. The number of carbonyl (C=O) groups excluding carboxylic acids is 1. The van der Waals surface area contributed by atoms with Crippen LogP contribution in [0.2, 0.25) is 0 Å². The summed E-state index contributed by atoms with van der Waals surface area (Å²) in [4.78, 5) is 20.7. The Morgan fingerprint density at radius 3 is 2.48 bits per heavy atom. The van der Waals surface area contributed by atoms with Crippen molar-refractivity contribution in [2.75, 3.05) is 31.1 Å². The van der Waals surface area contributed by atoms with E-state index >= 15 is 0 Å². The molecule has 7 heteroatoms. The summed E-state index contributed by atoms with van der Waals surface area (Å²) in [5.74, 6) is 1.27. The van der Waals surface area contributed by atoms with Gasteiger partial charge in [-0.3, -0.25) is 4.79 Å². The van der Waals surface area contributed by atoms with E-state index in [9.17, 15) is 9.18 Å². The van der Waals surface area contributed by atoms with Crippen molar-refractivity contribution >= 4 is 11.6 Å². The largest absolute Gasteiger partial charge is 0.368 e. The molecule has 0 aliphatic carbocycles. The van der Waals surface area contributed by atoms with Gasteiger partial charge in [-0.25, -0.2) is 4.39 Å². The van der Waals surface area contributed by atoms with Crippen LogP contribution in [0.5, 0.6) is 0 Å². The Bertz CT molecular complexity index is 706. The zero-order valence-electron chi connectivity index (χ0n) is 14.6. The van der Waals surface area contributed by atoms with Gasteiger partial charge in [0.2, 0.25) is 11.8 Å². The van der Waals surface area contributed by atoms with Crippen molar-refractivity contribution in [2.24, 2.45) is 0 Å². The van der Waals surface area contributed by atoms with Gasteiger partial charge in [0, 0.05) is 50.6 Å². The Balaban J connectivity index is 1.47. The molecule has 1 aromatic heterocycles. The number of halogens is 1. The van der Waals surface area contributed by atoms with Crippen LogP contribution in [0.1, 0.15) is 37.9 Å². The predicted octanol–water partition coefficient (Wildman–Crippen LogP) is 2.61. The van der Waals surface area contributed by atoms with Crippen molar-refractivity contribution in [3.63, 3.8) is 0 Å². The average Bonchev–Trinajstić information content (AvgIpc) is 3.10. The van der Waals surface area contributed by atoms with Crippen LogP contribution >= 0.6 is 0 Å². The highest BCUT2D eigenvalue weighted by Gasteiger charge is 2.22. The van der Waals surface area contributed by atoms with E-state index in [1.165, 1.54) is 12.1 Å². The van der Waals surface area contributed by atoms with Crippen LogP contribution in [0.25, 0.3) is 0 Å². The molecule has 25 heavy (non-hydrogen) atoms. The Hall–Kier alpha value is -2.44. The molecule has 1 aliphatic rings. The Kier molecular flexibility index (Phi) is 5.31. The fraction of sp³-hybridized carbons (Fsp3) is 0.500. The number of benzene rings is 1. The fourth-order valence-corrected chi connectivity index (χ4v) is 2.84. The molecule has 0 unspecified atom stereocenters. The number of hydrogen-bond donors (Lipinski definition) is 0. The lowest BCUT2D eigenvalue weighted by molar-refractivity contribution is -0.131. The molecule has 3 rings (SSSR count). The van der Waals surface area contributed by atoms with Crippen molar-refractivity contribution in [2.45, 2.75) is 32.6 Å². The second kappa shape index (κ2) is 7.63. The first kappa shape index (κ1) is 17.4. The maximum atomic E-state index is 13.0. The van der Waals surface area contributed by atoms with Gasteiger partial charge in [0.15, 0.2) is 5.82 Å². The number of hydrogen-bond acceptors (Lipinski definition) is 5. The summed E-state index contributed by atoms with van der Waals surface area (Å²) in [6, 6.07) is 6.47. The van der Waals surface area contributed by atoms with E-state index in [0.717, 1.165) is 18.8 Å². The first-order valence-electron chi connectivity index (χ1n) is 8.63. The molecule has 1 fully saturated rings. The Morgan fingerprint density at radius 2 is 1.88 bits per heavy atom. The third-order valence-electron chi connectivity index (χ3n) is 4.38. The van der Waals surface area contributed by atoms with Crippen molar-refractivity contribution < 1.29 is 13.7 Å². The van der Waals surface area contributed by atoms with Crippen LogP contribution in [-0.4, -0.2) is 47.1 Å². The molecule has 0 bridgehead atoms. The highest BCUT2D eigenvalue weighted by molar-refractivity contribution is 5.76. The van der Waals surface area contributed by atoms with Crippen LogP contribution in [0.4, 0.5) is 10.1 Å². The third-order valence-corrected chi connectivity index (χ3v) is 4.38.